The summed E-state index contributed by atoms with van der Waals surface area (Å²) < 4.78 is 2.76. The molecule has 0 unspecified atom stereocenters. The molecule has 3 heteroatoms. The summed E-state index contributed by atoms with van der Waals surface area (Å²) in [6.07, 6.45) is 1.11. The highest BCUT2D eigenvalue weighted by Crippen LogP contribution is 2.41. The molecule has 0 amide bonds. The third-order valence-corrected chi connectivity index (χ3v) is 6.49. The molecule has 0 saturated heterocycles. The molecule has 0 aliphatic carbocycles. The summed E-state index contributed by atoms with van der Waals surface area (Å²) in [6, 6.07) is 15.0. The van der Waals surface area contributed by atoms with Gasteiger partial charge in [-0.05, 0) is 25.5 Å². The Bertz CT molecular complexity index is 932. The van der Waals surface area contributed by atoms with Crippen molar-refractivity contribution in [1.29, 1.82) is 0 Å². The highest BCUT2D eigenvalue weighted by atomic mass is 32.2. The number of hydrogen-bond acceptors (Lipinski definition) is 3. The monoisotopic (exact) mass is 309 g/mol. The maximum Gasteiger partial charge on any atom is 0.0881 e. The van der Waals surface area contributed by atoms with E-state index >= 15 is 0 Å². The van der Waals surface area contributed by atoms with Crippen molar-refractivity contribution in [3.63, 3.8) is 0 Å². The van der Waals surface area contributed by atoms with Gasteiger partial charge in [-0.25, -0.2) is 0 Å². The molecule has 0 spiro atoms. The average molecular weight is 309 g/mol. The van der Waals surface area contributed by atoms with Crippen molar-refractivity contribution in [2.45, 2.75) is 20.3 Å². The number of benzene rings is 1. The van der Waals surface area contributed by atoms with Crippen LogP contribution in [0.4, 0.5) is 0 Å². The van der Waals surface area contributed by atoms with E-state index in [0.717, 1.165) is 17.8 Å². The topological polar surface area (TPSA) is 12.9 Å². The number of aryl methyl sites for hydroxylation is 2. The van der Waals surface area contributed by atoms with Crippen LogP contribution in [0.1, 0.15) is 17.5 Å². The quantitative estimate of drug-likeness (QED) is 0.439. The van der Waals surface area contributed by atoms with Crippen molar-refractivity contribution >= 4 is 42.2 Å². The zero-order chi connectivity index (χ0) is 14.4. The largest absolute Gasteiger partial charge is 0.252 e. The van der Waals surface area contributed by atoms with Crippen molar-refractivity contribution in [3.8, 4) is 11.3 Å². The maximum atomic E-state index is 4.80. The van der Waals surface area contributed by atoms with Gasteiger partial charge in [0.2, 0.25) is 0 Å². The van der Waals surface area contributed by atoms with Gasteiger partial charge in [0.1, 0.15) is 0 Å². The normalized spacial score (nSPS) is 11.5. The second kappa shape index (κ2) is 4.93. The summed E-state index contributed by atoms with van der Waals surface area (Å²) in [5.74, 6) is 0. The van der Waals surface area contributed by atoms with E-state index in [1.807, 2.05) is 28.7 Å². The van der Waals surface area contributed by atoms with Crippen LogP contribution in [0.5, 0.6) is 0 Å². The Kier molecular flexibility index (Phi) is 3.05. The molecule has 21 heavy (non-hydrogen) atoms. The summed E-state index contributed by atoms with van der Waals surface area (Å²) in [7, 11) is 0. The Balaban J connectivity index is 2.02. The second-order valence-electron chi connectivity index (χ2n) is 5.21. The van der Waals surface area contributed by atoms with Gasteiger partial charge in [-0.2, -0.15) is 0 Å². The number of thiophene rings is 2. The number of aromatic nitrogens is 1. The van der Waals surface area contributed by atoms with Gasteiger partial charge in [-0.15, -0.1) is 22.7 Å². The Labute approximate surface area is 131 Å². The van der Waals surface area contributed by atoms with Crippen LogP contribution < -0.4 is 0 Å². The van der Waals surface area contributed by atoms with E-state index in [2.05, 4.69) is 50.2 Å². The summed E-state index contributed by atoms with van der Waals surface area (Å²) in [4.78, 5) is 6.27. The zero-order valence-corrected chi connectivity index (χ0v) is 13.6. The van der Waals surface area contributed by atoms with Gasteiger partial charge >= 0.3 is 0 Å². The van der Waals surface area contributed by atoms with E-state index in [1.54, 1.807) is 0 Å². The molecule has 0 N–H and O–H groups in total. The van der Waals surface area contributed by atoms with Crippen molar-refractivity contribution in [2.24, 2.45) is 0 Å². The van der Waals surface area contributed by atoms with Crippen molar-refractivity contribution in [1.82, 2.24) is 4.98 Å². The van der Waals surface area contributed by atoms with Crippen LogP contribution in [0.2, 0.25) is 0 Å². The minimum absolute atomic E-state index is 1.07. The zero-order valence-electron chi connectivity index (χ0n) is 12.0. The van der Waals surface area contributed by atoms with Gasteiger partial charge in [0.15, 0.2) is 0 Å². The van der Waals surface area contributed by atoms with Crippen LogP contribution in [0, 0.1) is 6.92 Å². The number of hydrogen-bond donors (Lipinski definition) is 0. The Hall–Kier alpha value is -1.71. The van der Waals surface area contributed by atoms with Gasteiger partial charge in [-0.3, -0.25) is 4.98 Å². The van der Waals surface area contributed by atoms with Crippen molar-refractivity contribution < 1.29 is 0 Å². The van der Waals surface area contributed by atoms with Gasteiger partial charge in [0.05, 0.1) is 20.1 Å². The van der Waals surface area contributed by atoms with Crippen LogP contribution in [0.15, 0.2) is 42.5 Å². The van der Waals surface area contributed by atoms with Crippen LogP contribution in [-0.4, -0.2) is 4.98 Å². The molecule has 1 nitrogen and oxygen atoms in total. The molecule has 3 aromatic heterocycles. The van der Waals surface area contributed by atoms with E-state index < -0.39 is 0 Å². The molecule has 104 valence electrons. The van der Waals surface area contributed by atoms with E-state index in [1.165, 1.54) is 29.9 Å². The number of rotatable bonds is 2. The molecular formula is C18H15NS2. The first-order valence-corrected chi connectivity index (χ1v) is 8.77. The van der Waals surface area contributed by atoms with Gasteiger partial charge < -0.3 is 0 Å². The molecule has 3 heterocycles. The molecule has 0 atom stereocenters. The maximum absolute atomic E-state index is 4.80. The fourth-order valence-electron chi connectivity index (χ4n) is 2.70. The molecule has 0 bridgehead atoms. The first kappa shape index (κ1) is 13.0. The highest BCUT2D eigenvalue weighted by molar-refractivity contribution is 7.41. The molecule has 0 radical (unpaired) electrons. The molecule has 1 aromatic carbocycles. The smallest absolute Gasteiger partial charge is 0.0881 e. The third-order valence-electron chi connectivity index (χ3n) is 3.79. The van der Waals surface area contributed by atoms with Gasteiger partial charge in [0.25, 0.3) is 0 Å². The van der Waals surface area contributed by atoms with Crippen molar-refractivity contribution in [2.75, 3.05) is 0 Å². The average Bonchev–Trinajstić information content (AvgIpc) is 3.06. The molecule has 0 aliphatic rings. The minimum atomic E-state index is 1.07. The predicted octanol–water partition coefficient (Wildman–Crippen LogP) is 6.05. The second-order valence-corrected chi connectivity index (χ2v) is 7.62. The Morgan fingerprint density at radius 1 is 1.00 bits per heavy atom. The van der Waals surface area contributed by atoms with E-state index in [9.17, 15) is 0 Å². The minimum Gasteiger partial charge on any atom is -0.252 e. The summed E-state index contributed by atoms with van der Waals surface area (Å²) in [5, 5.41) is 2.76. The van der Waals surface area contributed by atoms with Crippen LogP contribution in [-0.2, 0) is 6.42 Å². The Morgan fingerprint density at radius 3 is 2.57 bits per heavy atom. The lowest BCUT2D eigenvalue weighted by molar-refractivity contribution is 1.19. The van der Waals surface area contributed by atoms with Gasteiger partial charge in [-0.1, -0.05) is 37.3 Å². The lowest BCUT2D eigenvalue weighted by Crippen LogP contribution is -1.87. The SMILES string of the molecule is CCc1cc2c(s1)sc1c(C)nc(-c3ccccc3)cc12. The van der Waals surface area contributed by atoms with Crippen LogP contribution in [0.25, 0.3) is 30.7 Å². The summed E-state index contributed by atoms with van der Waals surface area (Å²) >= 11 is 3.81. The number of pyridine rings is 1. The van der Waals surface area contributed by atoms with E-state index in [4.69, 9.17) is 4.98 Å². The number of nitrogens with zero attached hydrogens (tertiary/aromatic N) is 1. The summed E-state index contributed by atoms with van der Waals surface area (Å²) in [5.41, 5.74) is 3.40. The third kappa shape index (κ3) is 2.08. The van der Waals surface area contributed by atoms with Crippen molar-refractivity contribution in [3.05, 3.63) is 53.0 Å². The molecule has 0 saturated carbocycles. The molecule has 4 aromatic rings. The van der Waals surface area contributed by atoms with E-state index in [0.29, 0.717) is 0 Å². The number of fused-ring (bicyclic) bond motifs is 3. The Morgan fingerprint density at radius 2 is 1.81 bits per heavy atom. The van der Waals surface area contributed by atoms with E-state index in [-0.39, 0.29) is 0 Å². The lowest BCUT2D eigenvalue weighted by atomic mass is 10.1. The molecule has 0 fully saturated rings. The first-order chi connectivity index (χ1) is 10.3. The fraction of sp³-hybridized carbons (Fsp3) is 0.167. The van der Waals surface area contributed by atoms with Crippen LogP contribution in [0.3, 0.4) is 0 Å². The lowest BCUT2D eigenvalue weighted by Gasteiger charge is -2.03. The van der Waals surface area contributed by atoms with Crippen LogP contribution >= 0.6 is 22.7 Å². The fourth-order valence-corrected chi connectivity index (χ4v) is 5.21. The standard InChI is InChI=1S/C18H15NS2/c1-3-13-9-15-14-10-16(12-7-5-4-6-8-12)19-11(2)17(14)21-18(15)20-13/h4-10H,3H2,1-2H3. The summed E-state index contributed by atoms with van der Waals surface area (Å²) in [6.45, 7) is 4.34. The first-order valence-electron chi connectivity index (χ1n) is 7.14. The molecule has 0 aliphatic heterocycles. The molecular weight excluding hydrogens is 294 g/mol. The molecule has 4 rings (SSSR count). The predicted molar refractivity (Wildman–Crippen MR) is 94.6 cm³/mol. The highest BCUT2D eigenvalue weighted by Gasteiger charge is 2.13. The van der Waals surface area contributed by atoms with Gasteiger partial charge in [0, 0.05) is 21.2 Å².